The van der Waals surface area contributed by atoms with Gasteiger partial charge in [0, 0.05) is 20.8 Å². The molecule has 2 aromatic heterocycles. The van der Waals surface area contributed by atoms with E-state index in [0.29, 0.717) is 27.2 Å². The SMILES string of the molecule is O=C(c1sc2ccccc2c1Cl)N(Cc1ccco1)c1ccc(Cl)cc1. The zero-order chi connectivity index (χ0) is 18.1. The van der Waals surface area contributed by atoms with E-state index in [0.717, 1.165) is 15.8 Å². The van der Waals surface area contributed by atoms with E-state index in [1.54, 1.807) is 29.4 Å². The first-order valence-electron chi connectivity index (χ1n) is 7.90. The Morgan fingerprint density at radius 3 is 2.46 bits per heavy atom. The molecule has 6 heteroatoms. The maximum Gasteiger partial charge on any atom is 0.270 e. The van der Waals surface area contributed by atoms with Crippen molar-refractivity contribution in [1.82, 2.24) is 0 Å². The number of nitrogens with zero attached hydrogens (tertiary/aromatic N) is 1. The van der Waals surface area contributed by atoms with E-state index < -0.39 is 0 Å². The van der Waals surface area contributed by atoms with E-state index in [1.165, 1.54) is 11.3 Å². The summed E-state index contributed by atoms with van der Waals surface area (Å²) in [7, 11) is 0. The summed E-state index contributed by atoms with van der Waals surface area (Å²) in [6.07, 6.45) is 1.59. The van der Waals surface area contributed by atoms with Gasteiger partial charge in [0.25, 0.3) is 5.91 Å². The number of hydrogen-bond donors (Lipinski definition) is 0. The predicted octanol–water partition coefficient (Wildman–Crippen LogP) is 6.65. The average Bonchev–Trinajstić information content (AvgIpc) is 3.28. The molecule has 1 amide bonds. The lowest BCUT2D eigenvalue weighted by atomic mass is 10.2. The molecular weight excluding hydrogens is 389 g/mol. The highest BCUT2D eigenvalue weighted by Gasteiger charge is 2.24. The van der Waals surface area contributed by atoms with Gasteiger partial charge >= 0.3 is 0 Å². The molecule has 0 saturated carbocycles. The van der Waals surface area contributed by atoms with Crippen molar-refractivity contribution in [2.45, 2.75) is 6.54 Å². The molecule has 0 aliphatic carbocycles. The lowest BCUT2D eigenvalue weighted by molar-refractivity contribution is 0.0987. The quantitative estimate of drug-likeness (QED) is 0.383. The number of benzene rings is 2. The number of rotatable bonds is 4. The number of anilines is 1. The molecule has 0 unspecified atom stereocenters. The molecule has 26 heavy (non-hydrogen) atoms. The van der Waals surface area contributed by atoms with Crippen LogP contribution in [0.4, 0.5) is 5.69 Å². The van der Waals surface area contributed by atoms with Gasteiger partial charge < -0.3 is 9.32 Å². The van der Waals surface area contributed by atoms with Crippen LogP contribution in [0.1, 0.15) is 15.4 Å². The smallest absolute Gasteiger partial charge is 0.270 e. The van der Waals surface area contributed by atoms with Crippen molar-refractivity contribution in [3.8, 4) is 0 Å². The molecule has 0 radical (unpaired) electrons. The van der Waals surface area contributed by atoms with Gasteiger partial charge in [-0.2, -0.15) is 0 Å². The molecule has 2 heterocycles. The minimum atomic E-state index is -0.171. The fourth-order valence-corrected chi connectivity index (χ4v) is 4.32. The monoisotopic (exact) mass is 401 g/mol. The van der Waals surface area contributed by atoms with Crippen LogP contribution in [-0.4, -0.2) is 5.91 Å². The molecule has 0 fully saturated rings. The summed E-state index contributed by atoms with van der Waals surface area (Å²) in [5.41, 5.74) is 0.726. The second kappa shape index (κ2) is 7.16. The summed E-state index contributed by atoms with van der Waals surface area (Å²) in [6.45, 7) is 0.304. The Kier molecular flexibility index (Phi) is 4.72. The maximum absolute atomic E-state index is 13.3. The molecule has 4 rings (SSSR count). The number of furan rings is 1. The maximum atomic E-state index is 13.3. The molecule has 3 nitrogen and oxygen atoms in total. The minimum Gasteiger partial charge on any atom is -0.467 e. The minimum absolute atomic E-state index is 0.171. The first kappa shape index (κ1) is 17.2. The highest BCUT2D eigenvalue weighted by molar-refractivity contribution is 7.21. The molecule has 2 aromatic carbocycles. The van der Waals surface area contributed by atoms with Gasteiger partial charge in [-0.05, 0) is 42.5 Å². The zero-order valence-electron chi connectivity index (χ0n) is 13.5. The second-order valence-electron chi connectivity index (χ2n) is 5.69. The van der Waals surface area contributed by atoms with Crippen molar-refractivity contribution in [2.75, 3.05) is 4.90 Å². The van der Waals surface area contributed by atoms with Crippen LogP contribution in [0.15, 0.2) is 71.3 Å². The van der Waals surface area contributed by atoms with Crippen LogP contribution in [0, 0.1) is 0 Å². The van der Waals surface area contributed by atoms with E-state index in [4.69, 9.17) is 27.6 Å². The topological polar surface area (TPSA) is 33.5 Å². The molecule has 4 aromatic rings. The van der Waals surface area contributed by atoms with Gasteiger partial charge in [0.1, 0.15) is 10.6 Å². The molecule has 0 spiro atoms. The fourth-order valence-electron chi connectivity index (χ4n) is 2.73. The molecule has 0 aliphatic heterocycles. The van der Waals surface area contributed by atoms with Gasteiger partial charge in [0.15, 0.2) is 0 Å². The van der Waals surface area contributed by atoms with Gasteiger partial charge in [-0.25, -0.2) is 0 Å². The Bertz CT molecular complexity index is 1060. The number of thiophene rings is 1. The number of amides is 1. The van der Waals surface area contributed by atoms with Crippen LogP contribution in [0.5, 0.6) is 0 Å². The highest BCUT2D eigenvalue weighted by atomic mass is 35.5. The predicted molar refractivity (Wildman–Crippen MR) is 108 cm³/mol. The third-order valence-corrected chi connectivity index (χ3v) is 5.92. The Hall–Kier alpha value is -2.27. The molecule has 0 saturated heterocycles. The summed E-state index contributed by atoms with van der Waals surface area (Å²) in [4.78, 5) is 15.5. The van der Waals surface area contributed by atoms with Gasteiger partial charge in [0.05, 0.1) is 17.8 Å². The molecule has 130 valence electrons. The number of fused-ring (bicyclic) bond motifs is 1. The van der Waals surface area contributed by atoms with Gasteiger partial charge in [-0.15, -0.1) is 11.3 Å². The van der Waals surface area contributed by atoms with Crippen molar-refractivity contribution in [3.05, 3.63) is 87.6 Å². The lowest BCUT2D eigenvalue weighted by Crippen LogP contribution is -2.29. The van der Waals surface area contributed by atoms with Gasteiger partial charge in [-0.3, -0.25) is 4.79 Å². The van der Waals surface area contributed by atoms with E-state index in [2.05, 4.69) is 0 Å². The van der Waals surface area contributed by atoms with Crippen LogP contribution in [0.25, 0.3) is 10.1 Å². The van der Waals surface area contributed by atoms with E-state index in [-0.39, 0.29) is 5.91 Å². The summed E-state index contributed by atoms with van der Waals surface area (Å²) in [6, 6.07) is 18.5. The van der Waals surface area contributed by atoms with Crippen LogP contribution < -0.4 is 4.90 Å². The zero-order valence-corrected chi connectivity index (χ0v) is 15.8. The first-order valence-corrected chi connectivity index (χ1v) is 9.47. The standard InChI is InChI=1S/C20H13Cl2NO2S/c21-13-7-9-14(10-8-13)23(12-15-4-3-11-25-15)20(24)19-18(22)16-5-1-2-6-17(16)26-19/h1-11H,12H2. The number of halogens is 2. The molecule has 0 N–H and O–H groups in total. The number of carbonyl (C=O) groups excluding carboxylic acids is 1. The fraction of sp³-hybridized carbons (Fsp3) is 0.0500. The molecule has 0 bridgehead atoms. The number of hydrogen-bond acceptors (Lipinski definition) is 3. The Morgan fingerprint density at radius 1 is 1.00 bits per heavy atom. The largest absolute Gasteiger partial charge is 0.467 e. The van der Waals surface area contributed by atoms with Crippen molar-refractivity contribution >= 4 is 56.2 Å². The molecule has 0 aliphatic rings. The Balaban J connectivity index is 1.77. The lowest BCUT2D eigenvalue weighted by Gasteiger charge is -2.21. The first-order chi connectivity index (χ1) is 12.6. The van der Waals surface area contributed by atoms with Crippen LogP contribution in [-0.2, 0) is 6.54 Å². The van der Waals surface area contributed by atoms with E-state index >= 15 is 0 Å². The summed E-state index contributed by atoms with van der Waals surface area (Å²) in [5, 5.41) is 1.98. The van der Waals surface area contributed by atoms with Crippen molar-refractivity contribution < 1.29 is 9.21 Å². The molecule has 0 atom stereocenters. The van der Waals surface area contributed by atoms with Gasteiger partial charge in [0.2, 0.25) is 0 Å². The molecular formula is C20H13Cl2NO2S. The van der Waals surface area contributed by atoms with Crippen LogP contribution >= 0.6 is 34.5 Å². The average molecular weight is 402 g/mol. The van der Waals surface area contributed by atoms with Crippen molar-refractivity contribution in [2.24, 2.45) is 0 Å². The van der Waals surface area contributed by atoms with Crippen LogP contribution in [0.2, 0.25) is 10.0 Å². The van der Waals surface area contributed by atoms with E-state index in [1.807, 2.05) is 42.5 Å². The third kappa shape index (κ3) is 3.23. The summed E-state index contributed by atoms with van der Waals surface area (Å²) in [5.74, 6) is 0.514. The third-order valence-electron chi connectivity index (χ3n) is 4.01. The van der Waals surface area contributed by atoms with Gasteiger partial charge in [-0.1, -0.05) is 41.4 Å². The van der Waals surface area contributed by atoms with Crippen molar-refractivity contribution in [1.29, 1.82) is 0 Å². The number of carbonyl (C=O) groups is 1. The van der Waals surface area contributed by atoms with Crippen LogP contribution in [0.3, 0.4) is 0 Å². The Labute approximate surface area is 164 Å². The van der Waals surface area contributed by atoms with Crippen molar-refractivity contribution in [3.63, 3.8) is 0 Å². The summed E-state index contributed by atoms with van der Waals surface area (Å²) >= 11 is 13.9. The summed E-state index contributed by atoms with van der Waals surface area (Å²) < 4.78 is 6.42. The second-order valence-corrected chi connectivity index (χ2v) is 7.56. The Morgan fingerprint density at radius 2 is 1.77 bits per heavy atom. The van der Waals surface area contributed by atoms with E-state index in [9.17, 15) is 4.79 Å². The highest BCUT2D eigenvalue weighted by Crippen LogP contribution is 2.37. The normalized spacial score (nSPS) is 11.0.